The number of carboxylic acids is 1. The van der Waals surface area contributed by atoms with Crippen LogP contribution in [0, 0.1) is 0 Å². The van der Waals surface area contributed by atoms with Gasteiger partial charge in [-0.2, -0.15) is 0 Å². The third kappa shape index (κ3) is 3.45. The Kier molecular flexibility index (Phi) is 5.34. The minimum atomic E-state index is -4.35. The molecule has 0 unspecified atom stereocenters. The number of hydrogen-bond acceptors (Lipinski definition) is 5. The standard InChI is InChI=1S/C17H18O6S2/c1-17(13-12-16(18)19,24(20,21)14-8-4-2-5-9-14)25(22,23)15-10-6-3-7-11-15/h2-11H,12-13H2,1H3,(H,18,19). The van der Waals surface area contributed by atoms with Crippen molar-refractivity contribution < 1.29 is 26.7 Å². The van der Waals surface area contributed by atoms with Gasteiger partial charge < -0.3 is 5.11 Å². The maximum absolute atomic E-state index is 13.1. The molecule has 0 aliphatic carbocycles. The Morgan fingerprint density at radius 1 is 0.840 bits per heavy atom. The quantitative estimate of drug-likeness (QED) is 0.789. The van der Waals surface area contributed by atoms with Gasteiger partial charge in [0.05, 0.1) is 9.79 Å². The Labute approximate surface area is 147 Å². The molecule has 0 saturated heterocycles. The largest absolute Gasteiger partial charge is 0.481 e. The SMILES string of the molecule is CC(CCC(=O)O)(S(=O)(=O)c1ccccc1)S(=O)(=O)c1ccccc1. The minimum Gasteiger partial charge on any atom is -0.481 e. The second-order valence-corrected chi connectivity index (χ2v) is 10.7. The summed E-state index contributed by atoms with van der Waals surface area (Å²) < 4.78 is 50.2. The number of hydrogen-bond donors (Lipinski definition) is 1. The van der Waals surface area contributed by atoms with Gasteiger partial charge in [-0.15, -0.1) is 0 Å². The number of benzene rings is 2. The Morgan fingerprint density at radius 3 is 1.52 bits per heavy atom. The number of sulfone groups is 2. The van der Waals surface area contributed by atoms with Crippen molar-refractivity contribution in [2.75, 3.05) is 0 Å². The molecular formula is C17H18O6S2. The van der Waals surface area contributed by atoms with Crippen molar-refractivity contribution in [1.29, 1.82) is 0 Å². The summed E-state index contributed by atoms with van der Waals surface area (Å²) in [5, 5.41) is 8.96. The van der Waals surface area contributed by atoms with E-state index in [1.807, 2.05) is 0 Å². The average Bonchev–Trinajstić information content (AvgIpc) is 2.60. The van der Waals surface area contributed by atoms with E-state index < -0.39 is 42.6 Å². The first kappa shape index (κ1) is 19.1. The van der Waals surface area contributed by atoms with Gasteiger partial charge in [-0.25, -0.2) is 16.8 Å². The van der Waals surface area contributed by atoms with Crippen molar-refractivity contribution in [1.82, 2.24) is 0 Å². The van der Waals surface area contributed by atoms with Crippen molar-refractivity contribution in [3.05, 3.63) is 60.7 Å². The first-order valence-corrected chi connectivity index (χ1v) is 10.4. The molecule has 8 heteroatoms. The van der Waals surface area contributed by atoms with Gasteiger partial charge in [-0.1, -0.05) is 36.4 Å². The van der Waals surface area contributed by atoms with Crippen LogP contribution in [0.5, 0.6) is 0 Å². The molecule has 0 heterocycles. The molecular weight excluding hydrogens is 364 g/mol. The smallest absolute Gasteiger partial charge is 0.303 e. The summed E-state index contributed by atoms with van der Waals surface area (Å²) in [5.74, 6) is -1.27. The van der Waals surface area contributed by atoms with E-state index in [1.54, 1.807) is 12.1 Å². The highest BCUT2D eigenvalue weighted by molar-refractivity contribution is 8.10. The molecule has 2 aromatic carbocycles. The van der Waals surface area contributed by atoms with Crippen LogP contribution in [0.4, 0.5) is 0 Å². The lowest BCUT2D eigenvalue weighted by atomic mass is 10.2. The van der Waals surface area contributed by atoms with Crippen LogP contribution >= 0.6 is 0 Å². The molecule has 0 atom stereocenters. The summed E-state index contributed by atoms with van der Waals surface area (Å²) >= 11 is 0. The van der Waals surface area contributed by atoms with Crippen molar-refractivity contribution >= 4 is 25.6 Å². The molecule has 0 aromatic heterocycles. The predicted octanol–water partition coefficient (Wildman–Crippen LogP) is 2.52. The summed E-state index contributed by atoms with van der Waals surface area (Å²) in [6.45, 7) is 1.07. The van der Waals surface area contributed by atoms with Gasteiger partial charge in [-0.05, 0) is 37.6 Å². The van der Waals surface area contributed by atoms with Crippen molar-refractivity contribution in [2.24, 2.45) is 0 Å². The lowest BCUT2D eigenvalue weighted by molar-refractivity contribution is -0.137. The molecule has 0 bridgehead atoms. The van der Waals surface area contributed by atoms with Crippen LogP contribution in [0.2, 0.25) is 0 Å². The number of rotatable bonds is 7. The molecule has 1 N–H and O–H groups in total. The number of carbonyl (C=O) groups is 1. The second kappa shape index (κ2) is 6.97. The molecule has 2 aromatic rings. The average molecular weight is 382 g/mol. The highest BCUT2D eigenvalue weighted by Gasteiger charge is 2.52. The topological polar surface area (TPSA) is 106 Å². The molecule has 0 aliphatic rings. The fourth-order valence-electron chi connectivity index (χ4n) is 2.45. The van der Waals surface area contributed by atoms with Gasteiger partial charge >= 0.3 is 5.97 Å². The Hall–Kier alpha value is -2.19. The van der Waals surface area contributed by atoms with Crippen LogP contribution in [0.25, 0.3) is 0 Å². The maximum Gasteiger partial charge on any atom is 0.303 e. The lowest BCUT2D eigenvalue weighted by Crippen LogP contribution is -2.44. The predicted molar refractivity (Wildman–Crippen MR) is 92.5 cm³/mol. The minimum absolute atomic E-state index is 0.164. The Morgan fingerprint density at radius 2 is 1.20 bits per heavy atom. The monoisotopic (exact) mass is 382 g/mol. The Balaban J connectivity index is 2.69. The number of aliphatic carboxylic acids is 1. The molecule has 0 spiro atoms. The molecule has 0 fully saturated rings. The lowest BCUT2D eigenvalue weighted by Gasteiger charge is -2.29. The highest BCUT2D eigenvalue weighted by Crippen LogP contribution is 2.38. The molecule has 134 valence electrons. The van der Waals surface area contributed by atoms with E-state index in [1.165, 1.54) is 48.5 Å². The van der Waals surface area contributed by atoms with Gasteiger partial charge in [0.1, 0.15) is 0 Å². The van der Waals surface area contributed by atoms with E-state index in [-0.39, 0.29) is 9.79 Å². The van der Waals surface area contributed by atoms with Gasteiger partial charge in [0.25, 0.3) is 0 Å². The van der Waals surface area contributed by atoms with Crippen molar-refractivity contribution in [3.63, 3.8) is 0 Å². The summed E-state index contributed by atoms with van der Waals surface area (Å²) in [6, 6.07) is 14.4. The van der Waals surface area contributed by atoms with Gasteiger partial charge in [0.2, 0.25) is 0 Å². The van der Waals surface area contributed by atoms with Crippen LogP contribution in [0.3, 0.4) is 0 Å². The zero-order chi connectivity index (χ0) is 18.7. The fraction of sp³-hybridized carbons (Fsp3) is 0.235. The fourth-order valence-corrected chi connectivity index (χ4v) is 6.95. The van der Waals surface area contributed by atoms with Crippen LogP contribution in [0.15, 0.2) is 70.5 Å². The van der Waals surface area contributed by atoms with E-state index in [0.717, 1.165) is 6.92 Å². The van der Waals surface area contributed by atoms with E-state index in [0.29, 0.717) is 0 Å². The summed E-state index contributed by atoms with van der Waals surface area (Å²) in [6.07, 6.45) is -1.15. The molecule has 0 aliphatic heterocycles. The van der Waals surface area contributed by atoms with E-state index in [2.05, 4.69) is 0 Å². The van der Waals surface area contributed by atoms with E-state index in [4.69, 9.17) is 5.11 Å². The zero-order valence-electron chi connectivity index (χ0n) is 13.5. The maximum atomic E-state index is 13.1. The number of carboxylic acid groups (broad SMARTS) is 1. The third-order valence-corrected chi connectivity index (χ3v) is 9.82. The van der Waals surface area contributed by atoms with Crippen LogP contribution in [-0.4, -0.2) is 32.0 Å². The van der Waals surface area contributed by atoms with Crippen molar-refractivity contribution in [3.8, 4) is 0 Å². The summed E-state index contributed by atoms with van der Waals surface area (Å²) in [4.78, 5) is 10.7. The van der Waals surface area contributed by atoms with Crippen molar-refractivity contribution in [2.45, 2.75) is 33.6 Å². The molecule has 0 saturated carbocycles. The first-order valence-electron chi connectivity index (χ1n) is 7.44. The van der Waals surface area contributed by atoms with E-state index in [9.17, 15) is 21.6 Å². The van der Waals surface area contributed by atoms with Crippen LogP contribution < -0.4 is 0 Å². The molecule has 2 rings (SSSR count). The molecule has 0 radical (unpaired) electrons. The summed E-state index contributed by atoms with van der Waals surface area (Å²) in [5.41, 5.74) is 0. The normalized spacial score (nSPS) is 12.7. The van der Waals surface area contributed by atoms with Gasteiger partial charge in [-0.3, -0.25) is 4.79 Å². The Bertz CT molecular complexity index is 879. The van der Waals surface area contributed by atoms with Crippen LogP contribution in [-0.2, 0) is 24.5 Å². The first-order chi connectivity index (χ1) is 11.6. The highest BCUT2D eigenvalue weighted by atomic mass is 32.3. The molecule has 25 heavy (non-hydrogen) atoms. The summed E-state index contributed by atoms with van der Waals surface area (Å²) in [7, 11) is -8.71. The van der Waals surface area contributed by atoms with Gasteiger partial charge in [0, 0.05) is 6.42 Å². The molecule has 6 nitrogen and oxygen atoms in total. The third-order valence-electron chi connectivity index (χ3n) is 4.04. The van der Waals surface area contributed by atoms with Crippen LogP contribution in [0.1, 0.15) is 19.8 Å². The van der Waals surface area contributed by atoms with E-state index >= 15 is 0 Å². The van der Waals surface area contributed by atoms with Gasteiger partial charge in [0.15, 0.2) is 23.8 Å². The zero-order valence-corrected chi connectivity index (χ0v) is 15.1. The molecule has 0 amide bonds. The second-order valence-electron chi connectivity index (χ2n) is 5.66.